The monoisotopic (exact) mass is 285 g/mol. The molecule has 3 nitrogen and oxygen atoms in total. The highest BCUT2D eigenvalue weighted by molar-refractivity contribution is 5.30. The molecule has 0 fully saturated rings. The van der Waals surface area contributed by atoms with Crippen LogP contribution in [0.5, 0.6) is 0 Å². The van der Waals surface area contributed by atoms with Crippen LogP contribution in [0, 0.1) is 5.82 Å². The molecule has 0 amide bonds. The molecule has 1 aromatic carbocycles. The molecule has 106 valence electrons. The van der Waals surface area contributed by atoms with Crippen molar-refractivity contribution in [2.24, 2.45) is 5.73 Å². The maximum absolute atomic E-state index is 12.9. The van der Waals surface area contributed by atoms with Gasteiger partial charge in [0.05, 0.1) is 0 Å². The number of rotatable bonds is 3. The first kappa shape index (κ1) is 14.4. The number of halogens is 4. The van der Waals surface area contributed by atoms with E-state index in [-0.39, 0.29) is 12.5 Å². The standard InChI is InChI=1S/C13H11F4N3/c14-10-3-1-8(2-4-10)11(5-18)9-6-19-12(20-7-9)13(15,16)17/h1-4,6-7,11H,5,18H2/t11-/m1/s1. The number of hydrogen-bond acceptors (Lipinski definition) is 3. The van der Waals surface area contributed by atoms with Crippen molar-refractivity contribution in [1.82, 2.24) is 9.97 Å². The molecule has 1 aromatic heterocycles. The lowest BCUT2D eigenvalue weighted by Crippen LogP contribution is -2.16. The number of aromatic nitrogens is 2. The van der Waals surface area contributed by atoms with Crippen molar-refractivity contribution < 1.29 is 17.6 Å². The molecule has 0 aliphatic carbocycles. The molecular formula is C13H11F4N3. The predicted octanol–water partition coefficient (Wildman–Crippen LogP) is 2.73. The van der Waals surface area contributed by atoms with Crippen molar-refractivity contribution >= 4 is 0 Å². The van der Waals surface area contributed by atoms with E-state index in [1.807, 2.05) is 0 Å². The number of nitrogens with zero attached hydrogens (tertiary/aromatic N) is 2. The molecule has 0 radical (unpaired) electrons. The molecule has 0 saturated heterocycles. The van der Waals surface area contributed by atoms with Gasteiger partial charge < -0.3 is 5.73 Å². The Bertz CT molecular complexity index is 564. The number of benzene rings is 1. The second-order valence-electron chi connectivity index (χ2n) is 4.18. The van der Waals surface area contributed by atoms with E-state index < -0.39 is 17.8 Å². The van der Waals surface area contributed by atoms with Crippen LogP contribution in [-0.4, -0.2) is 16.5 Å². The predicted molar refractivity (Wildman–Crippen MR) is 64.3 cm³/mol. The minimum Gasteiger partial charge on any atom is -0.330 e. The topological polar surface area (TPSA) is 51.8 Å². The fraction of sp³-hybridized carbons (Fsp3) is 0.231. The lowest BCUT2D eigenvalue weighted by atomic mass is 9.93. The van der Waals surface area contributed by atoms with Gasteiger partial charge in [0.25, 0.3) is 0 Å². The van der Waals surface area contributed by atoms with E-state index in [1.54, 1.807) is 0 Å². The summed E-state index contributed by atoms with van der Waals surface area (Å²) in [5, 5.41) is 0. The van der Waals surface area contributed by atoms with Gasteiger partial charge in [0.2, 0.25) is 5.82 Å². The Balaban J connectivity index is 2.30. The van der Waals surface area contributed by atoms with E-state index in [0.717, 1.165) is 12.4 Å². The maximum Gasteiger partial charge on any atom is 0.451 e. The van der Waals surface area contributed by atoms with Gasteiger partial charge in [0.15, 0.2) is 0 Å². The fourth-order valence-corrected chi connectivity index (χ4v) is 1.82. The summed E-state index contributed by atoms with van der Waals surface area (Å²) in [5.41, 5.74) is 6.77. The summed E-state index contributed by atoms with van der Waals surface area (Å²) < 4.78 is 50.0. The van der Waals surface area contributed by atoms with Gasteiger partial charge in [-0.3, -0.25) is 0 Å². The van der Waals surface area contributed by atoms with E-state index in [1.165, 1.54) is 24.3 Å². The molecule has 0 spiro atoms. The molecule has 2 aromatic rings. The summed E-state index contributed by atoms with van der Waals surface area (Å²) in [6.07, 6.45) is -2.39. The van der Waals surface area contributed by atoms with Crippen molar-refractivity contribution in [1.29, 1.82) is 0 Å². The van der Waals surface area contributed by atoms with Gasteiger partial charge in [-0.05, 0) is 23.3 Å². The van der Waals surface area contributed by atoms with Crippen LogP contribution in [0.1, 0.15) is 22.9 Å². The molecule has 0 saturated carbocycles. The van der Waals surface area contributed by atoms with E-state index in [9.17, 15) is 17.6 Å². The third-order valence-electron chi connectivity index (χ3n) is 2.84. The number of hydrogen-bond donors (Lipinski definition) is 1. The van der Waals surface area contributed by atoms with E-state index >= 15 is 0 Å². The lowest BCUT2D eigenvalue weighted by molar-refractivity contribution is -0.145. The Morgan fingerprint density at radius 3 is 2.00 bits per heavy atom. The molecule has 0 aliphatic rings. The Kier molecular flexibility index (Phi) is 3.99. The van der Waals surface area contributed by atoms with Gasteiger partial charge in [-0.1, -0.05) is 12.1 Å². The van der Waals surface area contributed by atoms with Crippen molar-refractivity contribution in [2.45, 2.75) is 12.1 Å². The smallest absolute Gasteiger partial charge is 0.330 e. The van der Waals surface area contributed by atoms with Crippen LogP contribution in [0.15, 0.2) is 36.7 Å². The van der Waals surface area contributed by atoms with Gasteiger partial charge in [-0.15, -0.1) is 0 Å². The molecule has 0 bridgehead atoms. The lowest BCUT2D eigenvalue weighted by Gasteiger charge is -2.15. The molecule has 1 atom stereocenters. The van der Waals surface area contributed by atoms with Crippen molar-refractivity contribution in [3.63, 3.8) is 0 Å². The molecular weight excluding hydrogens is 274 g/mol. The molecule has 7 heteroatoms. The van der Waals surface area contributed by atoms with Gasteiger partial charge in [0.1, 0.15) is 5.82 Å². The Morgan fingerprint density at radius 2 is 1.55 bits per heavy atom. The van der Waals surface area contributed by atoms with E-state index in [4.69, 9.17) is 5.73 Å². The number of alkyl halides is 3. The zero-order valence-electron chi connectivity index (χ0n) is 10.2. The summed E-state index contributed by atoms with van der Waals surface area (Å²) in [4.78, 5) is 6.59. The summed E-state index contributed by atoms with van der Waals surface area (Å²) in [6, 6.07) is 5.60. The van der Waals surface area contributed by atoms with Gasteiger partial charge >= 0.3 is 6.18 Å². The third-order valence-corrected chi connectivity index (χ3v) is 2.84. The summed E-state index contributed by atoms with van der Waals surface area (Å²) in [6.45, 7) is 0.153. The fourth-order valence-electron chi connectivity index (χ4n) is 1.82. The SMILES string of the molecule is NC[C@H](c1ccc(F)cc1)c1cnc(C(F)(F)F)nc1. The summed E-state index contributed by atoms with van der Waals surface area (Å²) in [5.74, 6) is -1.97. The number of nitrogens with two attached hydrogens (primary N) is 1. The summed E-state index contributed by atoms with van der Waals surface area (Å²) >= 11 is 0. The van der Waals surface area contributed by atoms with Gasteiger partial charge in [-0.25, -0.2) is 14.4 Å². The highest BCUT2D eigenvalue weighted by Gasteiger charge is 2.34. The second-order valence-corrected chi connectivity index (χ2v) is 4.18. The van der Waals surface area contributed by atoms with Crippen LogP contribution in [0.2, 0.25) is 0 Å². The molecule has 1 heterocycles. The van der Waals surface area contributed by atoms with Crippen molar-refractivity contribution in [2.75, 3.05) is 6.54 Å². The minimum absolute atomic E-state index is 0.153. The zero-order chi connectivity index (χ0) is 14.8. The average Bonchev–Trinajstić information content (AvgIpc) is 2.41. The first-order chi connectivity index (χ1) is 9.41. The van der Waals surface area contributed by atoms with E-state index in [0.29, 0.717) is 11.1 Å². The van der Waals surface area contributed by atoms with Gasteiger partial charge in [-0.2, -0.15) is 13.2 Å². The quantitative estimate of drug-likeness (QED) is 0.882. The van der Waals surface area contributed by atoms with Crippen LogP contribution in [0.4, 0.5) is 17.6 Å². The molecule has 0 aliphatic heterocycles. The first-order valence-electron chi connectivity index (χ1n) is 5.76. The van der Waals surface area contributed by atoms with E-state index in [2.05, 4.69) is 9.97 Å². The van der Waals surface area contributed by atoms with Crippen LogP contribution in [0.3, 0.4) is 0 Å². The Morgan fingerprint density at radius 1 is 1.00 bits per heavy atom. The third kappa shape index (κ3) is 3.11. The Labute approximate surface area is 112 Å². The van der Waals surface area contributed by atoms with Crippen molar-refractivity contribution in [3.8, 4) is 0 Å². The zero-order valence-corrected chi connectivity index (χ0v) is 10.2. The van der Waals surface area contributed by atoms with Crippen LogP contribution < -0.4 is 5.73 Å². The normalized spacial score (nSPS) is 13.2. The molecule has 0 unspecified atom stereocenters. The minimum atomic E-state index is -4.58. The highest BCUT2D eigenvalue weighted by Crippen LogP contribution is 2.27. The Hall–Kier alpha value is -2.02. The highest BCUT2D eigenvalue weighted by atomic mass is 19.4. The second kappa shape index (κ2) is 5.54. The molecule has 2 N–H and O–H groups in total. The average molecular weight is 285 g/mol. The van der Waals surface area contributed by atoms with Crippen LogP contribution in [-0.2, 0) is 6.18 Å². The first-order valence-corrected chi connectivity index (χ1v) is 5.76. The van der Waals surface area contributed by atoms with Crippen LogP contribution >= 0.6 is 0 Å². The van der Waals surface area contributed by atoms with Crippen molar-refractivity contribution in [3.05, 3.63) is 59.4 Å². The molecule has 2 rings (SSSR count). The van der Waals surface area contributed by atoms with Crippen LogP contribution in [0.25, 0.3) is 0 Å². The maximum atomic E-state index is 12.9. The molecule has 20 heavy (non-hydrogen) atoms. The van der Waals surface area contributed by atoms with Gasteiger partial charge in [0, 0.05) is 24.9 Å². The summed E-state index contributed by atoms with van der Waals surface area (Å²) in [7, 11) is 0. The largest absolute Gasteiger partial charge is 0.451 e.